The van der Waals surface area contributed by atoms with Gasteiger partial charge in [-0.2, -0.15) is 0 Å². The fraction of sp³-hybridized carbons (Fsp3) is 0.800. The van der Waals surface area contributed by atoms with E-state index in [1.165, 1.54) is 0 Å². The number of morpholine rings is 1. The Kier molecular flexibility index (Phi) is 4.54. The van der Waals surface area contributed by atoms with Crippen molar-refractivity contribution in [2.24, 2.45) is 16.8 Å². The van der Waals surface area contributed by atoms with Gasteiger partial charge in [-0.05, 0) is 13.3 Å². The summed E-state index contributed by atoms with van der Waals surface area (Å²) in [4.78, 5) is 13.8. The largest absolute Gasteiger partial charge is 0.409 e. The summed E-state index contributed by atoms with van der Waals surface area (Å²) >= 11 is 0. The van der Waals surface area contributed by atoms with Gasteiger partial charge in [-0.3, -0.25) is 4.79 Å². The standard InChI is InChI=1S/C10H19N3O3/c1-3-8(9(11)12-15)10(14)13-4-5-16-7(2)6-13/h7-8,15H,3-6H2,1-2H3,(H2,11,12). The topological polar surface area (TPSA) is 88.2 Å². The maximum Gasteiger partial charge on any atom is 0.233 e. The predicted molar refractivity (Wildman–Crippen MR) is 59.2 cm³/mol. The van der Waals surface area contributed by atoms with Crippen molar-refractivity contribution < 1.29 is 14.7 Å². The molecule has 1 aliphatic rings. The minimum absolute atomic E-state index is 0.0216. The molecule has 1 heterocycles. The Labute approximate surface area is 95.0 Å². The molecule has 6 nitrogen and oxygen atoms in total. The van der Waals surface area contributed by atoms with Gasteiger partial charge in [-0.15, -0.1) is 0 Å². The SMILES string of the molecule is CCC(C(=O)N1CCOC(C)C1)C(N)=NO. The van der Waals surface area contributed by atoms with Crippen LogP contribution >= 0.6 is 0 Å². The molecular formula is C10H19N3O3. The third kappa shape index (κ3) is 2.85. The first-order valence-corrected chi connectivity index (χ1v) is 5.48. The van der Waals surface area contributed by atoms with Crippen LogP contribution in [0.4, 0.5) is 0 Å². The Bertz CT molecular complexity index is 280. The van der Waals surface area contributed by atoms with Crippen molar-refractivity contribution >= 4 is 11.7 Å². The summed E-state index contributed by atoms with van der Waals surface area (Å²) in [5.74, 6) is -0.644. The van der Waals surface area contributed by atoms with E-state index in [4.69, 9.17) is 15.7 Å². The van der Waals surface area contributed by atoms with Gasteiger partial charge in [0.1, 0.15) is 0 Å². The van der Waals surface area contributed by atoms with Gasteiger partial charge in [0.2, 0.25) is 5.91 Å². The molecule has 0 aromatic heterocycles. The van der Waals surface area contributed by atoms with Crippen LogP contribution in [0.5, 0.6) is 0 Å². The molecule has 0 bridgehead atoms. The first kappa shape index (κ1) is 12.8. The van der Waals surface area contributed by atoms with Crippen molar-refractivity contribution in [3.8, 4) is 0 Å². The van der Waals surface area contributed by atoms with Crippen molar-refractivity contribution in [1.29, 1.82) is 0 Å². The minimum atomic E-state index is -0.532. The molecule has 1 saturated heterocycles. The number of amidine groups is 1. The summed E-state index contributed by atoms with van der Waals surface area (Å²) in [6, 6.07) is 0. The molecule has 1 amide bonds. The highest BCUT2D eigenvalue weighted by Crippen LogP contribution is 2.12. The van der Waals surface area contributed by atoms with Crippen molar-refractivity contribution in [3.05, 3.63) is 0 Å². The molecule has 0 aliphatic carbocycles. The van der Waals surface area contributed by atoms with Crippen molar-refractivity contribution in [1.82, 2.24) is 4.90 Å². The Morgan fingerprint density at radius 3 is 2.94 bits per heavy atom. The number of ether oxygens (including phenoxy) is 1. The molecule has 0 aromatic rings. The monoisotopic (exact) mass is 229 g/mol. The molecule has 0 saturated carbocycles. The molecule has 1 rings (SSSR count). The molecule has 3 N–H and O–H groups in total. The highest BCUT2D eigenvalue weighted by atomic mass is 16.5. The van der Waals surface area contributed by atoms with Gasteiger partial charge in [0.25, 0.3) is 0 Å². The summed E-state index contributed by atoms with van der Waals surface area (Å²) < 4.78 is 5.35. The quantitative estimate of drug-likeness (QED) is 0.309. The number of amides is 1. The van der Waals surface area contributed by atoms with E-state index in [-0.39, 0.29) is 17.8 Å². The molecule has 0 radical (unpaired) electrons. The maximum atomic E-state index is 12.1. The van der Waals surface area contributed by atoms with Crippen LogP contribution in [0.3, 0.4) is 0 Å². The number of oxime groups is 1. The molecule has 6 heteroatoms. The number of hydrogen-bond donors (Lipinski definition) is 2. The molecular weight excluding hydrogens is 210 g/mol. The van der Waals surface area contributed by atoms with E-state index in [1.54, 1.807) is 4.90 Å². The summed E-state index contributed by atoms with van der Waals surface area (Å²) in [6.07, 6.45) is 0.572. The van der Waals surface area contributed by atoms with Crippen molar-refractivity contribution in [3.63, 3.8) is 0 Å². The Hall–Kier alpha value is -1.30. The number of carbonyl (C=O) groups is 1. The van der Waals surface area contributed by atoms with Crippen LogP contribution in [0.2, 0.25) is 0 Å². The number of hydrogen-bond acceptors (Lipinski definition) is 4. The lowest BCUT2D eigenvalue weighted by molar-refractivity contribution is -0.140. The van der Waals surface area contributed by atoms with E-state index in [0.717, 1.165) is 0 Å². The average Bonchev–Trinajstić information content (AvgIpc) is 2.29. The zero-order chi connectivity index (χ0) is 12.1. The molecule has 1 fully saturated rings. The minimum Gasteiger partial charge on any atom is -0.409 e. The summed E-state index contributed by atoms with van der Waals surface area (Å²) in [5.41, 5.74) is 5.49. The molecule has 16 heavy (non-hydrogen) atoms. The Balaban J connectivity index is 2.67. The van der Waals surface area contributed by atoms with E-state index in [1.807, 2.05) is 13.8 Å². The highest BCUT2D eigenvalue weighted by molar-refractivity contribution is 6.02. The third-order valence-electron chi connectivity index (χ3n) is 2.73. The van der Waals surface area contributed by atoms with Gasteiger partial charge in [0.15, 0.2) is 5.84 Å². The molecule has 0 aromatic carbocycles. The zero-order valence-corrected chi connectivity index (χ0v) is 9.72. The molecule has 2 atom stereocenters. The smallest absolute Gasteiger partial charge is 0.233 e. The first-order valence-electron chi connectivity index (χ1n) is 5.48. The lowest BCUT2D eigenvalue weighted by atomic mass is 10.0. The highest BCUT2D eigenvalue weighted by Gasteiger charge is 2.29. The maximum absolute atomic E-state index is 12.1. The van der Waals surface area contributed by atoms with Crippen molar-refractivity contribution in [2.75, 3.05) is 19.7 Å². The van der Waals surface area contributed by atoms with Crippen LogP contribution < -0.4 is 5.73 Å². The fourth-order valence-corrected chi connectivity index (χ4v) is 1.82. The van der Waals surface area contributed by atoms with Crippen LogP contribution in [-0.4, -0.2) is 47.7 Å². The fourth-order valence-electron chi connectivity index (χ4n) is 1.82. The lowest BCUT2D eigenvalue weighted by Gasteiger charge is -2.33. The van der Waals surface area contributed by atoms with Crippen LogP contribution in [0, 0.1) is 5.92 Å². The second kappa shape index (κ2) is 5.69. The van der Waals surface area contributed by atoms with E-state index < -0.39 is 5.92 Å². The molecule has 92 valence electrons. The lowest BCUT2D eigenvalue weighted by Crippen LogP contribution is -2.49. The second-order valence-corrected chi connectivity index (χ2v) is 3.95. The van der Waals surface area contributed by atoms with Crippen molar-refractivity contribution in [2.45, 2.75) is 26.4 Å². The number of nitrogens with zero attached hydrogens (tertiary/aromatic N) is 2. The van der Waals surface area contributed by atoms with E-state index >= 15 is 0 Å². The van der Waals surface area contributed by atoms with Crippen LogP contribution in [0.15, 0.2) is 5.16 Å². The van der Waals surface area contributed by atoms with Gasteiger partial charge >= 0.3 is 0 Å². The average molecular weight is 229 g/mol. The summed E-state index contributed by atoms with van der Waals surface area (Å²) in [5, 5.41) is 11.5. The normalized spacial score (nSPS) is 24.2. The second-order valence-electron chi connectivity index (χ2n) is 3.95. The molecule has 1 aliphatic heterocycles. The molecule has 2 unspecified atom stereocenters. The van der Waals surface area contributed by atoms with Crippen LogP contribution in [0.25, 0.3) is 0 Å². The van der Waals surface area contributed by atoms with E-state index in [0.29, 0.717) is 26.1 Å². The van der Waals surface area contributed by atoms with Gasteiger partial charge in [0, 0.05) is 13.1 Å². The summed E-state index contributed by atoms with van der Waals surface area (Å²) in [6.45, 7) is 5.43. The van der Waals surface area contributed by atoms with Crippen LogP contribution in [-0.2, 0) is 9.53 Å². The molecule has 0 spiro atoms. The van der Waals surface area contributed by atoms with E-state index in [9.17, 15) is 4.79 Å². The zero-order valence-electron chi connectivity index (χ0n) is 9.72. The van der Waals surface area contributed by atoms with Gasteiger partial charge in [-0.1, -0.05) is 12.1 Å². The van der Waals surface area contributed by atoms with Gasteiger partial charge in [-0.25, -0.2) is 0 Å². The third-order valence-corrected chi connectivity index (χ3v) is 2.73. The first-order chi connectivity index (χ1) is 7.60. The Morgan fingerprint density at radius 1 is 1.75 bits per heavy atom. The van der Waals surface area contributed by atoms with Crippen LogP contribution in [0.1, 0.15) is 20.3 Å². The predicted octanol–water partition coefficient (Wildman–Crippen LogP) is 0.00630. The van der Waals surface area contributed by atoms with E-state index in [2.05, 4.69) is 5.16 Å². The van der Waals surface area contributed by atoms with Gasteiger partial charge < -0.3 is 20.6 Å². The van der Waals surface area contributed by atoms with Gasteiger partial charge in [0.05, 0.1) is 18.6 Å². The number of rotatable bonds is 3. The summed E-state index contributed by atoms with van der Waals surface area (Å²) in [7, 11) is 0. The number of nitrogens with two attached hydrogens (primary N) is 1. The number of carbonyl (C=O) groups excluding carboxylic acids is 1. The Morgan fingerprint density at radius 2 is 2.44 bits per heavy atom.